The van der Waals surface area contributed by atoms with Crippen molar-refractivity contribution in [3.8, 4) is 17.1 Å². The minimum Gasteiger partial charge on any atom is -0.477 e. The number of sulfonamides is 1. The highest BCUT2D eigenvalue weighted by molar-refractivity contribution is 7.92. The van der Waals surface area contributed by atoms with Gasteiger partial charge in [-0.05, 0) is 43.3 Å². The molecular weight excluding hydrogens is 409 g/mol. The highest BCUT2D eigenvalue weighted by atomic mass is 35.5. The van der Waals surface area contributed by atoms with Crippen molar-refractivity contribution < 1.29 is 13.2 Å². The van der Waals surface area contributed by atoms with Crippen LogP contribution in [-0.2, 0) is 10.0 Å². The van der Waals surface area contributed by atoms with E-state index in [0.29, 0.717) is 23.9 Å². The molecule has 1 N–H and O–H groups in total. The average molecular weight is 424 g/mol. The second-order valence-corrected chi connectivity index (χ2v) is 7.94. The smallest absolute Gasteiger partial charge is 0.263 e. The first-order valence-electron chi connectivity index (χ1n) is 7.94. The fourth-order valence-electron chi connectivity index (χ4n) is 2.30. The zero-order chi connectivity index (χ0) is 19.4. The van der Waals surface area contributed by atoms with Crippen LogP contribution in [0, 0.1) is 0 Å². The molecule has 0 aliphatic heterocycles. The minimum atomic E-state index is -3.87. The van der Waals surface area contributed by atoms with E-state index >= 15 is 0 Å². The lowest BCUT2D eigenvalue weighted by Crippen LogP contribution is -2.13. The normalized spacial score (nSPS) is 11.2. The number of benzene rings is 2. The van der Waals surface area contributed by atoms with Crippen LogP contribution < -0.4 is 9.46 Å². The predicted molar refractivity (Wildman–Crippen MR) is 106 cm³/mol. The van der Waals surface area contributed by atoms with Gasteiger partial charge < -0.3 is 4.74 Å². The van der Waals surface area contributed by atoms with Crippen LogP contribution >= 0.6 is 23.2 Å². The molecule has 1 aromatic heterocycles. The Labute approximate surface area is 167 Å². The van der Waals surface area contributed by atoms with Gasteiger partial charge in [0, 0.05) is 22.3 Å². The standard InChI is InChI=1S/C18H15Cl2N3O3S/c1-2-26-18-10-9-16(21-22-18)12-3-6-14(7-4-12)23-27(24,25)17-11-13(19)5-8-15(17)20/h3-11,23H,2H2,1H3. The van der Waals surface area contributed by atoms with E-state index in [-0.39, 0.29) is 14.9 Å². The Balaban J connectivity index is 1.80. The second-order valence-electron chi connectivity index (χ2n) is 5.45. The summed E-state index contributed by atoms with van der Waals surface area (Å²) in [6, 6.07) is 14.5. The van der Waals surface area contributed by atoms with Crippen molar-refractivity contribution in [3.63, 3.8) is 0 Å². The number of nitrogens with one attached hydrogen (secondary N) is 1. The lowest BCUT2D eigenvalue weighted by Gasteiger charge is -2.10. The molecule has 0 fully saturated rings. The molecule has 0 bridgehead atoms. The molecule has 0 spiro atoms. The van der Waals surface area contributed by atoms with Crippen LogP contribution in [0.4, 0.5) is 5.69 Å². The van der Waals surface area contributed by atoms with E-state index in [1.54, 1.807) is 36.4 Å². The Morgan fingerprint density at radius 2 is 1.74 bits per heavy atom. The molecule has 0 unspecified atom stereocenters. The van der Waals surface area contributed by atoms with Gasteiger partial charge in [0.2, 0.25) is 5.88 Å². The van der Waals surface area contributed by atoms with E-state index in [4.69, 9.17) is 27.9 Å². The lowest BCUT2D eigenvalue weighted by atomic mass is 10.1. The molecule has 1 heterocycles. The topological polar surface area (TPSA) is 81.2 Å². The third-order valence-corrected chi connectivity index (χ3v) is 5.65. The summed E-state index contributed by atoms with van der Waals surface area (Å²) in [5, 5.41) is 8.44. The minimum absolute atomic E-state index is 0.0851. The number of aromatic nitrogens is 2. The van der Waals surface area contributed by atoms with Crippen LogP contribution in [0.3, 0.4) is 0 Å². The summed E-state index contributed by atoms with van der Waals surface area (Å²) in [5.74, 6) is 0.448. The Morgan fingerprint density at radius 1 is 1.00 bits per heavy atom. The summed E-state index contributed by atoms with van der Waals surface area (Å²) in [6.07, 6.45) is 0. The van der Waals surface area contributed by atoms with Crippen molar-refractivity contribution in [3.05, 3.63) is 64.6 Å². The van der Waals surface area contributed by atoms with Gasteiger partial charge in [-0.25, -0.2) is 8.42 Å². The van der Waals surface area contributed by atoms with Gasteiger partial charge in [0.25, 0.3) is 10.0 Å². The van der Waals surface area contributed by atoms with E-state index in [2.05, 4.69) is 14.9 Å². The van der Waals surface area contributed by atoms with Crippen LogP contribution in [-0.4, -0.2) is 25.2 Å². The van der Waals surface area contributed by atoms with E-state index in [9.17, 15) is 8.42 Å². The maximum Gasteiger partial charge on any atom is 0.263 e. The maximum atomic E-state index is 12.5. The third kappa shape index (κ3) is 4.68. The van der Waals surface area contributed by atoms with E-state index in [1.165, 1.54) is 18.2 Å². The molecule has 0 aliphatic rings. The summed E-state index contributed by atoms with van der Waals surface area (Å²) in [4.78, 5) is -0.0851. The molecule has 140 valence electrons. The van der Waals surface area contributed by atoms with E-state index < -0.39 is 10.0 Å². The number of halogens is 2. The molecule has 0 saturated heterocycles. The van der Waals surface area contributed by atoms with Gasteiger partial charge in [0.15, 0.2) is 0 Å². The molecule has 2 aromatic carbocycles. The number of anilines is 1. The third-order valence-electron chi connectivity index (χ3n) is 3.55. The molecule has 0 radical (unpaired) electrons. The number of hydrogen-bond acceptors (Lipinski definition) is 5. The zero-order valence-electron chi connectivity index (χ0n) is 14.2. The van der Waals surface area contributed by atoms with Crippen molar-refractivity contribution in [2.24, 2.45) is 0 Å². The summed E-state index contributed by atoms with van der Waals surface area (Å²) < 4.78 is 32.8. The van der Waals surface area contributed by atoms with Gasteiger partial charge in [0.1, 0.15) is 4.90 Å². The van der Waals surface area contributed by atoms with Crippen LogP contribution in [0.15, 0.2) is 59.5 Å². The van der Waals surface area contributed by atoms with Gasteiger partial charge >= 0.3 is 0 Å². The molecule has 6 nitrogen and oxygen atoms in total. The zero-order valence-corrected chi connectivity index (χ0v) is 16.5. The van der Waals surface area contributed by atoms with Gasteiger partial charge in [-0.1, -0.05) is 35.3 Å². The first-order chi connectivity index (χ1) is 12.9. The molecule has 3 rings (SSSR count). The van der Waals surface area contributed by atoms with Crippen molar-refractivity contribution in [1.29, 1.82) is 0 Å². The van der Waals surface area contributed by atoms with E-state index in [1.807, 2.05) is 6.92 Å². The predicted octanol–water partition coefficient (Wildman–Crippen LogP) is 4.65. The molecule has 0 saturated carbocycles. The van der Waals surface area contributed by atoms with Crippen LogP contribution in [0.5, 0.6) is 5.88 Å². The first-order valence-corrected chi connectivity index (χ1v) is 10.2. The number of hydrogen-bond donors (Lipinski definition) is 1. The van der Waals surface area contributed by atoms with Crippen LogP contribution in [0.2, 0.25) is 10.0 Å². The maximum absolute atomic E-state index is 12.5. The van der Waals surface area contributed by atoms with Crippen LogP contribution in [0.1, 0.15) is 6.92 Å². The quantitative estimate of drug-likeness (QED) is 0.623. The monoisotopic (exact) mass is 423 g/mol. The van der Waals surface area contributed by atoms with Gasteiger partial charge in [-0.15, -0.1) is 10.2 Å². The van der Waals surface area contributed by atoms with Crippen LogP contribution in [0.25, 0.3) is 11.3 Å². The molecule has 3 aromatic rings. The van der Waals surface area contributed by atoms with Gasteiger partial charge in [-0.3, -0.25) is 4.72 Å². The van der Waals surface area contributed by atoms with E-state index in [0.717, 1.165) is 5.56 Å². The molecule has 0 atom stereocenters. The fraction of sp³-hybridized carbons (Fsp3) is 0.111. The number of ether oxygens (including phenoxy) is 1. The summed E-state index contributed by atoms with van der Waals surface area (Å²) in [7, 11) is -3.87. The molecule has 27 heavy (non-hydrogen) atoms. The summed E-state index contributed by atoms with van der Waals surface area (Å²) in [5.41, 5.74) is 1.81. The number of rotatable bonds is 6. The fourth-order valence-corrected chi connectivity index (χ4v) is 4.12. The second kappa shape index (κ2) is 8.12. The largest absolute Gasteiger partial charge is 0.477 e. The van der Waals surface area contributed by atoms with Gasteiger partial charge in [-0.2, -0.15) is 0 Å². The Bertz CT molecular complexity index is 1040. The SMILES string of the molecule is CCOc1ccc(-c2ccc(NS(=O)(=O)c3cc(Cl)ccc3Cl)cc2)nn1. The first kappa shape index (κ1) is 19.4. The molecular formula is C18H15Cl2N3O3S. The highest BCUT2D eigenvalue weighted by Gasteiger charge is 2.18. The van der Waals surface area contributed by atoms with Crippen molar-refractivity contribution in [1.82, 2.24) is 10.2 Å². The molecule has 0 amide bonds. The lowest BCUT2D eigenvalue weighted by molar-refractivity contribution is 0.323. The Hall–Kier alpha value is -2.35. The summed E-state index contributed by atoms with van der Waals surface area (Å²) >= 11 is 11.9. The van der Waals surface area contributed by atoms with Crippen molar-refractivity contribution >= 4 is 38.9 Å². The Morgan fingerprint density at radius 3 is 2.37 bits per heavy atom. The molecule has 9 heteroatoms. The van der Waals surface area contributed by atoms with Crippen molar-refractivity contribution in [2.45, 2.75) is 11.8 Å². The number of nitrogens with zero attached hydrogens (tertiary/aromatic N) is 2. The Kier molecular flexibility index (Phi) is 5.84. The van der Waals surface area contributed by atoms with Crippen molar-refractivity contribution in [2.75, 3.05) is 11.3 Å². The average Bonchev–Trinajstić information content (AvgIpc) is 2.65. The highest BCUT2D eigenvalue weighted by Crippen LogP contribution is 2.27. The van der Waals surface area contributed by atoms with Gasteiger partial charge in [0.05, 0.1) is 17.3 Å². The molecule has 0 aliphatic carbocycles. The summed E-state index contributed by atoms with van der Waals surface area (Å²) in [6.45, 7) is 2.38.